The van der Waals surface area contributed by atoms with Crippen molar-refractivity contribution in [1.29, 1.82) is 0 Å². The minimum Gasteiger partial charge on any atom is -0.338 e. The number of rotatable bonds is 6. The van der Waals surface area contributed by atoms with Gasteiger partial charge in [-0.1, -0.05) is 18.2 Å². The van der Waals surface area contributed by atoms with Crippen LogP contribution >= 0.6 is 0 Å². The van der Waals surface area contributed by atoms with Crippen molar-refractivity contribution in [3.8, 4) is 0 Å². The van der Waals surface area contributed by atoms with E-state index in [4.69, 9.17) is 0 Å². The minimum absolute atomic E-state index is 0.316. The standard InChI is InChI=1S/C18H27N7O/c1-5-19-18(26)24-16(20-11-8-12-25(3)4)23-17-21-13(2)14-9-6-7-10-15(14)22-17/h6-7,9-10H,5,8,11-12H2,1-4H3,(H3,19,20,21,22,23,24,26). The Bertz CT molecular complexity index is 773. The number of nitrogens with zero attached hydrogens (tertiary/aromatic N) is 4. The van der Waals surface area contributed by atoms with Gasteiger partial charge in [0.2, 0.25) is 11.9 Å². The molecule has 1 aromatic heterocycles. The summed E-state index contributed by atoms with van der Waals surface area (Å²) >= 11 is 0. The Kier molecular flexibility index (Phi) is 7.28. The van der Waals surface area contributed by atoms with Gasteiger partial charge in [-0.25, -0.2) is 14.8 Å². The van der Waals surface area contributed by atoms with Crippen molar-refractivity contribution >= 4 is 28.8 Å². The van der Waals surface area contributed by atoms with E-state index < -0.39 is 0 Å². The van der Waals surface area contributed by atoms with Crippen LogP contribution < -0.4 is 16.0 Å². The maximum atomic E-state index is 11.9. The third-order valence-electron chi connectivity index (χ3n) is 3.63. The highest BCUT2D eigenvalue weighted by molar-refractivity contribution is 6.03. The second-order valence-corrected chi connectivity index (χ2v) is 6.15. The Morgan fingerprint density at radius 2 is 2.00 bits per heavy atom. The largest absolute Gasteiger partial charge is 0.338 e. The summed E-state index contributed by atoms with van der Waals surface area (Å²) in [7, 11) is 4.03. The van der Waals surface area contributed by atoms with Gasteiger partial charge in [0.15, 0.2) is 0 Å². The number of aryl methyl sites for hydroxylation is 1. The molecule has 2 aromatic rings. The molecule has 0 fully saturated rings. The molecule has 140 valence electrons. The fraction of sp³-hybridized carbons (Fsp3) is 0.444. The summed E-state index contributed by atoms with van der Waals surface area (Å²) in [5.74, 6) is 0.744. The number of guanidine groups is 1. The van der Waals surface area contributed by atoms with E-state index in [1.165, 1.54) is 0 Å². The average molecular weight is 357 g/mol. The fourth-order valence-electron chi connectivity index (χ4n) is 2.40. The summed E-state index contributed by atoms with van der Waals surface area (Å²) in [5, 5.41) is 9.44. The molecule has 8 nitrogen and oxygen atoms in total. The summed E-state index contributed by atoms with van der Waals surface area (Å²) < 4.78 is 0. The molecule has 26 heavy (non-hydrogen) atoms. The van der Waals surface area contributed by atoms with E-state index in [0.29, 0.717) is 25.0 Å². The number of aliphatic imine (C=N–C) groups is 1. The second kappa shape index (κ2) is 9.67. The number of hydrogen-bond donors (Lipinski definition) is 3. The van der Waals surface area contributed by atoms with Crippen LogP contribution in [0.2, 0.25) is 0 Å². The van der Waals surface area contributed by atoms with Gasteiger partial charge in [-0.05, 0) is 47.0 Å². The van der Waals surface area contributed by atoms with E-state index in [2.05, 4.69) is 35.8 Å². The molecule has 0 aliphatic carbocycles. The molecule has 2 rings (SSSR count). The molecule has 0 saturated carbocycles. The molecule has 8 heteroatoms. The summed E-state index contributed by atoms with van der Waals surface area (Å²) in [6.07, 6.45) is 0.882. The van der Waals surface area contributed by atoms with Crippen molar-refractivity contribution in [2.45, 2.75) is 20.3 Å². The Balaban J connectivity index is 2.16. The van der Waals surface area contributed by atoms with Crippen LogP contribution in [0.3, 0.4) is 0 Å². The molecule has 2 amide bonds. The van der Waals surface area contributed by atoms with Crippen LogP contribution in [0, 0.1) is 6.92 Å². The molecule has 1 aromatic carbocycles. The molecule has 0 spiro atoms. The Morgan fingerprint density at radius 3 is 2.73 bits per heavy atom. The molecule has 1 heterocycles. The minimum atomic E-state index is -0.316. The maximum Gasteiger partial charge on any atom is 0.321 e. The van der Waals surface area contributed by atoms with Gasteiger partial charge in [0, 0.05) is 18.5 Å². The number of fused-ring (bicyclic) bond motifs is 1. The Labute approximate surface area is 154 Å². The zero-order chi connectivity index (χ0) is 18.9. The number of nitrogens with one attached hydrogen (secondary N) is 3. The normalized spacial score (nSPS) is 11.7. The molecule has 0 radical (unpaired) electrons. The number of urea groups is 1. The zero-order valence-electron chi connectivity index (χ0n) is 15.8. The first-order valence-electron chi connectivity index (χ1n) is 8.74. The SMILES string of the molecule is CCNC(=O)NC(=NCCCN(C)C)Nc1nc(C)c2ccccc2n1. The fourth-order valence-corrected chi connectivity index (χ4v) is 2.40. The average Bonchev–Trinajstić information content (AvgIpc) is 2.58. The molecule has 0 atom stereocenters. The van der Waals surface area contributed by atoms with Gasteiger partial charge >= 0.3 is 6.03 Å². The number of anilines is 1. The van der Waals surface area contributed by atoms with Crippen molar-refractivity contribution in [3.63, 3.8) is 0 Å². The Hall–Kier alpha value is -2.74. The molecule has 3 N–H and O–H groups in total. The first-order valence-corrected chi connectivity index (χ1v) is 8.74. The quantitative estimate of drug-likeness (QED) is 0.417. The monoisotopic (exact) mass is 357 g/mol. The zero-order valence-corrected chi connectivity index (χ0v) is 15.8. The van der Waals surface area contributed by atoms with E-state index in [-0.39, 0.29) is 6.03 Å². The smallest absolute Gasteiger partial charge is 0.321 e. The third kappa shape index (κ3) is 5.96. The lowest BCUT2D eigenvalue weighted by atomic mass is 10.2. The summed E-state index contributed by atoms with van der Waals surface area (Å²) in [6.45, 7) is 5.82. The molecule has 0 aliphatic rings. The Morgan fingerprint density at radius 1 is 1.23 bits per heavy atom. The third-order valence-corrected chi connectivity index (χ3v) is 3.63. The lowest BCUT2D eigenvalue weighted by molar-refractivity contribution is 0.246. The second-order valence-electron chi connectivity index (χ2n) is 6.15. The van der Waals surface area contributed by atoms with Crippen LogP contribution in [-0.2, 0) is 0 Å². The van der Waals surface area contributed by atoms with Crippen molar-refractivity contribution in [2.24, 2.45) is 4.99 Å². The molecule has 0 saturated heterocycles. The predicted molar refractivity (Wildman–Crippen MR) is 106 cm³/mol. The van der Waals surface area contributed by atoms with Crippen LogP contribution in [-0.4, -0.2) is 60.6 Å². The van der Waals surface area contributed by atoms with Gasteiger partial charge in [-0.15, -0.1) is 0 Å². The number of benzene rings is 1. The van der Waals surface area contributed by atoms with Crippen LogP contribution in [0.25, 0.3) is 10.9 Å². The van der Waals surface area contributed by atoms with E-state index in [9.17, 15) is 4.79 Å². The number of hydrogen-bond acceptors (Lipinski definition) is 5. The topological polar surface area (TPSA) is 94.5 Å². The van der Waals surface area contributed by atoms with Crippen LogP contribution in [0.4, 0.5) is 10.7 Å². The predicted octanol–water partition coefficient (Wildman–Crippen LogP) is 1.98. The van der Waals surface area contributed by atoms with Crippen LogP contribution in [0.1, 0.15) is 19.0 Å². The van der Waals surface area contributed by atoms with Crippen molar-refractivity contribution in [2.75, 3.05) is 39.0 Å². The highest BCUT2D eigenvalue weighted by Crippen LogP contribution is 2.16. The molecular weight excluding hydrogens is 330 g/mol. The first kappa shape index (κ1) is 19.6. The van der Waals surface area contributed by atoms with Gasteiger partial charge < -0.3 is 10.2 Å². The number of carbonyl (C=O) groups excluding carboxylic acids is 1. The molecular formula is C18H27N7O. The number of para-hydroxylation sites is 1. The van der Waals surface area contributed by atoms with Gasteiger partial charge in [-0.3, -0.25) is 15.6 Å². The van der Waals surface area contributed by atoms with Gasteiger partial charge in [0.05, 0.1) is 11.2 Å². The van der Waals surface area contributed by atoms with Gasteiger partial charge in [-0.2, -0.15) is 0 Å². The number of amides is 2. The summed E-state index contributed by atoms with van der Waals surface area (Å²) in [5.41, 5.74) is 1.70. The number of aromatic nitrogens is 2. The van der Waals surface area contributed by atoms with Crippen LogP contribution in [0.5, 0.6) is 0 Å². The van der Waals surface area contributed by atoms with Crippen molar-refractivity contribution in [3.05, 3.63) is 30.0 Å². The lowest BCUT2D eigenvalue weighted by Gasteiger charge is -2.13. The van der Waals surface area contributed by atoms with Crippen molar-refractivity contribution < 1.29 is 4.79 Å². The summed E-state index contributed by atoms with van der Waals surface area (Å²) in [4.78, 5) is 27.4. The first-order chi connectivity index (χ1) is 12.5. The molecule has 0 aliphatic heterocycles. The highest BCUT2D eigenvalue weighted by Gasteiger charge is 2.09. The molecule has 0 bridgehead atoms. The molecule has 0 unspecified atom stereocenters. The van der Waals surface area contributed by atoms with E-state index >= 15 is 0 Å². The van der Waals surface area contributed by atoms with Gasteiger partial charge in [0.1, 0.15) is 0 Å². The van der Waals surface area contributed by atoms with E-state index in [1.807, 2.05) is 52.2 Å². The lowest BCUT2D eigenvalue weighted by Crippen LogP contribution is -2.43. The van der Waals surface area contributed by atoms with Gasteiger partial charge in [0.25, 0.3) is 0 Å². The number of carbonyl (C=O) groups is 1. The van der Waals surface area contributed by atoms with Crippen LogP contribution in [0.15, 0.2) is 29.3 Å². The highest BCUT2D eigenvalue weighted by atomic mass is 16.2. The van der Waals surface area contributed by atoms with Crippen molar-refractivity contribution in [1.82, 2.24) is 25.5 Å². The summed E-state index contributed by atoms with van der Waals surface area (Å²) in [6, 6.07) is 7.49. The van der Waals surface area contributed by atoms with E-state index in [0.717, 1.165) is 29.6 Å². The maximum absolute atomic E-state index is 11.9. The van der Waals surface area contributed by atoms with E-state index in [1.54, 1.807) is 0 Å².